The van der Waals surface area contributed by atoms with E-state index in [0.29, 0.717) is 17.9 Å². The number of rotatable bonds is 14. The van der Waals surface area contributed by atoms with Gasteiger partial charge in [-0.1, -0.05) is 43.7 Å². The highest BCUT2D eigenvalue weighted by Gasteiger charge is 2.39. The number of esters is 1. The van der Waals surface area contributed by atoms with Gasteiger partial charge in [-0.25, -0.2) is 4.79 Å². The van der Waals surface area contributed by atoms with E-state index in [9.17, 15) is 24.0 Å². The maximum atomic E-state index is 14.3. The maximum absolute atomic E-state index is 14.3. The Morgan fingerprint density at radius 2 is 1.57 bits per heavy atom. The lowest BCUT2D eigenvalue weighted by Gasteiger charge is -2.38. The molecular formula is C29H46N4O7. The van der Waals surface area contributed by atoms with E-state index in [2.05, 4.69) is 29.2 Å². The summed E-state index contributed by atoms with van der Waals surface area (Å²) in [4.78, 5) is 65.5. The molecule has 0 aliphatic heterocycles. The molecule has 4 N–H and O–H groups in total. The van der Waals surface area contributed by atoms with Crippen LogP contribution in [0.1, 0.15) is 84.4 Å². The summed E-state index contributed by atoms with van der Waals surface area (Å²) in [6, 6.07) is 4.32. The van der Waals surface area contributed by atoms with Crippen molar-refractivity contribution in [2.24, 2.45) is 11.7 Å². The van der Waals surface area contributed by atoms with Crippen LogP contribution in [-0.4, -0.2) is 66.0 Å². The first-order chi connectivity index (χ1) is 18.5. The van der Waals surface area contributed by atoms with Crippen molar-refractivity contribution in [3.05, 3.63) is 35.4 Å². The quantitative estimate of drug-likeness (QED) is 0.294. The molecule has 11 nitrogen and oxygen atoms in total. The van der Waals surface area contributed by atoms with Crippen molar-refractivity contribution < 1.29 is 33.4 Å². The van der Waals surface area contributed by atoms with Gasteiger partial charge in [-0.15, -0.1) is 0 Å². The molecule has 0 fully saturated rings. The number of carbonyl (C=O) groups excluding carboxylic acids is 5. The first-order valence-corrected chi connectivity index (χ1v) is 13.6. The molecule has 0 bridgehead atoms. The van der Waals surface area contributed by atoms with Crippen molar-refractivity contribution in [2.75, 3.05) is 13.7 Å². The molecule has 224 valence electrons. The zero-order chi connectivity index (χ0) is 30.6. The van der Waals surface area contributed by atoms with Crippen LogP contribution in [0.25, 0.3) is 0 Å². The minimum Gasteiger partial charge on any atom is -0.468 e. The van der Waals surface area contributed by atoms with Gasteiger partial charge in [0.1, 0.15) is 24.2 Å². The Morgan fingerprint density at radius 3 is 2.08 bits per heavy atom. The van der Waals surface area contributed by atoms with Gasteiger partial charge in [0, 0.05) is 12.5 Å². The summed E-state index contributed by atoms with van der Waals surface area (Å²) in [5, 5.41) is 5.15. The fourth-order valence-corrected chi connectivity index (χ4v) is 4.00. The first-order valence-electron chi connectivity index (χ1n) is 13.6. The lowest BCUT2D eigenvalue weighted by Crippen LogP contribution is -2.56. The number of alkyl carbamates (subject to hydrolysis) is 1. The van der Waals surface area contributed by atoms with E-state index in [1.54, 1.807) is 32.9 Å². The van der Waals surface area contributed by atoms with Gasteiger partial charge in [0.2, 0.25) is 17.7 Å². The number of primary amides is 1. The Kier molecular flexibility index (Phi) is 13.6. The summed E-state index contributed by atoms with van der Waals surface area (Å²) < 4.78 is 10.0. The highest BCUT2D eigenvalue weighted by atomic mass is 16.6. The van der Waals surface area contributed by atoms with E-state index in [-0.39, 0.29) is 19.4 Å². The van der Waals surface area contributed by atoms with E-state index in [0.717, 1.165) is 12.0 Å². The second kappa shape index (κ2) is 15.8. The third kappa shape index (κ3) is 12.0. The fourth-order valence-electron chi connectivity index (χ4n) is 4.00. The number of hydrogen-bond donors (Lipinski definition) is 3. The monoisotopic (exact) mass is 562 g/mol. The predicted molar refractivity (Wildman–Crippen MR) is 151 cm³/mol. The Bertz CT molecular complexity index is 1020. The lowest BCUT2D eigenvalue weighted by atomic mass is 9.96. The van der Waals surface area contributed by atoms with E-state index in [1.807, 2.05) is 26.0 Å². The van der Waals surface area contributed by atoms with Crippen LogP contribution in [0, 0.1) is 12.8 Å². The van der Waals surface area contributed by atoms with E-state index in [1.165, 1.54) is 12.0 Å². The smallest absolute Gasteiger partial charge is 0.408 e. The molecule has 0 heterocycles. The largest absolute Gasteiger partial charge is 0.468 e. The van der Waals surface area contributed by atoms with Crippen LogP contribution >= 0.6 is 0 Å². The molecule has 0 radical (unpaired) electrons. The first kappa shape index (κ1) is 34.4. The number of nitrogens with two attached hydrogens (primary N) is 1. The summed E-state index contributed by atoms with van der Waals surface area (Å²) in [7, 11) is 1.21. The van der Waals surface area contributed by atoms with E-state index >= 15 is 0 Å². The topological polar surface area (TPSA) is 157 Å². The second-order valence-electron chi connectivity index (χ2n) is 11.4. The molecule has 1 aromatic carbocycles. The molecule has 4 amide bonds. The maximum Gasteiger partial charge on any atom is 0.408 e. The van der Waals surface area contributed by atoms with Crippen LogP contribution in [0.2, 0.25) is 0 Å². The van der Waals surface area contributed by atoms with Crippen molar-refractivity contribution in [1.82, 2.24) is 15.5 Å². The SMILES string of the molecule is COC(=O)CNC(=O)C(c1ccc(C)cc1)N(C(=O)C(CCC(N)=O)NC(=O)OC(C)(C)C)C(C)CCC(C)C. The standard InChI is InChI=1S/C29H46N4O7/c1-18(2)9-12-20(4)33(27(37)22(15-16-23(30)34)32-28(38)40-29(5,6)7)25(21-13-10-19(3)11-14-21)26(36)31-17-24(35)39-8/h10-11,13-14,18,20,22,25H,9,12,15-17H2,1-8H3,(H2,30,34)(H,31,36)(H,32,38). The van der Waals surface area contributed by atoms with Crippen molar-refractivity contribution in [3.8, 4) is 0 Å². The third-order valence-electron chi connectivity index (χ3n) is 6.11. The molecule has 0 saturated heterocycles. The van der Waals surface area contributed by atoms with Crippen LogP contribution < -0.4 is 16.4 Å². The number of hydrogen-bond acceptors (Lipinski definition) is 7. The van der Waals surface area contributed by atoms with Gasteiger partial charge < -0.3 is 30.7 Å². The Hall–Kier alpha value is -3.63. The Balaban J connectivity index is 3.62. The number of nitrogens with zero attached hydrogens (tertiary/aromatic N) is 1. The minimum absolute atomic E-state index is 0.0921. The molecule has 0 aliphatic rings. The predicted octanol–water partition coefficient (Wildman–Crippen LogP) is 3.14. The Labute approximate surface area is 237 Å². The van der Waals surface area contributed by atoms with Gasteiger partial charge in [-0.3, -0.25) is 19.2 Å². The van der Waals surface area contributed by atoms with Crippen molar-refractivity contribution in [3.63, 3.8) is 0 Å². The molecule has 1 rings (SSSR count). The van der Waals surface area contributed by atoms with E-state index in [4.69, 9.17) is 10.5 Å². The number of methoxy groups -OCH3 is 1. The molecule has 0 aromatic heterocycles. The Morgan fingerprint density at radius 1 is 0.975 bits per heavy atom. The summed E-state index contributed by atoms with van der Waals surface area (Å²) in [6.07, 6.45) is 0.216. The summed E-state index contributed by atoms with van der Waals surface area (Å²) in [5.74, 6) is -2.13. The zero-order valence-electron chi connectivity index (χ0n) is 25.0. The average Bonchev–Trinajstić information content (AvgIpc) is 2.85. The molecule has 3 unspecified atom stereocenters. The van der Waals surface area contributed by atoms with Gasteiger partial charge in [0.25, 0.3) is 0 Å². The van der Waals surface area contributed by atoms with Crippen LogP contribution in [0.3, 0.4) is 0 Å². The third-order valence-corrected chi connectivity index (χ3v) is 6.11. The number of aryl methyl sites for hydroxylation is 1. The molecule has 0 saturated carbocycles. The highest BCUT2D eigenvalue weighted by molar-refractivity contribution is 5.93. The normalized spacial score (nSPS) is 13.5. The van der Waals surface area contributed by atoms with Crippen LogP contribution in [0.5, 0.6) is 0 Å². The van der Waals surface area contributed by atoms with Crippen LogP contribution in [0.4, 0.5) is 4.79 Å². The molecule has 0 aliphatic carbocycles. The van der Waals surface area contributed by atoms with Gasteiger partial charge in [-0.05, 0) is 65.4 Å². The second-order valence-corrected chi connectivity index (χ2v) is 11.4. The number of carbonyl (C=O) groups is 5. The van der Waals surface area contributed by atoms with Gasteiger partial charge in [0.15, 0.2) is 0 Å². The van der Waals surface area contributed by atoms with Crippen LogP contribution in [-0.2, 0) is 28.7 Å². The summed E-state index contributed by atoms with van der Waals surface area (Å²) in [5.41, 5.74) is 6.01. The molecule has 11 heteroatoms. The highest BCUT2D eigenvalue weighted by Crippen LogP contribution is 2.28. The van der Waals surface area contributed by atoms with Crippen molar-refractivity contribution >= 4 is 29.8 Å². The molecule has 1 aromatic rings. The summed E-state index contributed by atoms with van der Waals surface area (Å²) >= 11 is 0. The van der Waals surface area contributed by atoms with E-state index < -0.39 is 53.5 Å². The number of amides is 4. The van der Waals surface area contributed by atoms with Gasteiger partial charge in [-0.2, -0.15) is 0 Å². The summed E-state index contributed by atoms with van der Waals surface area (Å²) in [6.45, 7) is 12.5. The number of benzene rings is 1. The fraction of sp³-hybridized carbons (Fsp3) is 0.621. The number of ether oxygens (including phenoxy) is 2. The molecular weight excluding hydrogens is 516 g/mol. The molecule has 0 spiro atoms. The molecule has 40 heavy (non-hydrogen) atoms. The lowest BCUT2D eigenvalue weighted by molar-refractivity contribution is -0.146. The minimum atomic E-state index is -1.20. The van der Waals surface area contributed by atoms with Crippen LogP contribution in [0.15, 0.2) is 24.3 Å². The van der Waals surface area contributed by atoms with Gasteiger partial charge >= 0.3 is 12.1 Å². The van der Waals surface area contributed by atoms with Crippen molar-refractivity contribution in [2.45, 2.75) is 97.9 Å². The number of nitrogens with one attached hydrogen (secondary N) is 2. The average molecular weight is 563 g/mol. The zero-order valence-corrected chi connectivity index (χ0v) is 25.0. The van der Waals surface area contributed by atoms with Crippen molar-refractivity contribution in [1.29, 1.82) is 0 Å². The van der Waals surface area contributed by atoms with Gasteiger partial charge in [0.05, 0.1) is 7.11 Å². The molecule has 3 atom stereocenters.